The summed E-state index contributed by atoms with van der Waals surface area (Å²) in [6.07, 6.45) is 0.141. The van der Waals surface area contributed by atoms with Crippen molar-refractivity contribution in [2.24, 2.45) is 7.05 Å². The zero-order valence-electron chi connectivity index (χ0n) is 9.11. The highest BCUT2D eigenvalue weighted by Crippen LogP contribution is 2.25. The van der Waals surface area contributed by atoms with Crippen LogP contribution in [0.5, 0.6) is 0 Å². The zero-order chi connectivity index (χ0) is 12.4. The molecule has 86 valence electrons. The van der Waals surface area contributed by atoms with Gasteiger partial charge in [-0.1, -0.05) is 23.7 Å². The molecule has 17 heavy (non-hydrogen) atoms. The summed E-state index contributed by atoms with van der Waals surface area (Å²) in [7, 11) is 1.73. The molecular formula is C12H9ClFN3. The first kappa shape index (κ1) is 11.6. The van der Waals surface area contributed by atoms with Crippen LogP contribution in [0.2, 0.25) is 5.15 Å². The summed E-state index contributed by atoms with van der Waals surface area (Å²) in [5, 5.41) is 9.05. The Hall–Kier alpha value is -1.86. The van der Waals surface area contributed by atoms with Crippen LogP contribution in [0.15, 0.2) is 24.3 Å². The Morgan fingerprint density at radius 2 is 2.29 bits per heavy atom. The lowest BCUT2D eigenvalue weighted by Gasteiger charge is -2.01. The van der Waals surface area contributed by atoms with Crippen molar-refractivity contribution in [2.45, 2.75) is 6.42 Å². The maximum atomic E-state index is 13.1. The van der Waals surface area contributed by atoms with Crippen LogP contribution in [0.3, 0.4) is 0 Å². The number of hydrogen-bond acceptors (Lipinski definition) is 2. The van der Waals surface area contributed by atoms with E-state index in [0.717, 1.165) is 0 Å². The fraction of sp³-hybridized carbons (Fsp3) is 0.167. The average Bonchev–Trinajstić information content (AvgIpc) is 2.58. The molecule has 0 atom stereocenters. The molecular weight excluding hydrogens is 241 g/mol. The molecule has 5 heteroatoms. The number of imidazole rings is 1. The SMILES string of the molecule is Cn1c(-c2cccc(F)c2)nc(CC#N)c1Cl. The minimum Gasteiger partial charge on any atom is -0.318 e. The molecule has 0 radical (unpaired) electrons. The summed E-state index contributed by atoms with van der Waals surface area (Å²) in [5.41, 5.74) is 1.15. The smallest absolute Gasteiger partial charge is 0.141 e. The summed E-state index contributed by atoms with van der Waals surface area (Å²) in [6.45, 7) is 0. The lowest BCUT2D eigenvalue weighted by atomic mass is 10.2. The van der Waals surface area contributed by atoms with Gasteiger partial charge < -0.3 is 4.57 Å². The molecule has 0 aliphatic carbocycles. The molecule has 1 heterocycles. The molecule has 1 aromatic carbocycles. The zero-order valence-corrected chi connectivity index (χ0v) is 9.87. The summed E-state index contributed by atoms with van der Waals surface area (Å²) >= 11 is 6.04. The standard InChI is InChI=1S/C12H9ClFN3/c1-17-11(13)10(5-6-15)16-12(17)8-3-2-4-9(14)7-8/h2-4,7H,5H2,1H3. The van der Waals surface area contributed by atoms with Gasteiger partial charge in [0.1, 0.15) is 16.8 Å². The van der Waals surface area contributed by atoms with E-state index in [1.807, 2.05) is 6.07 Å². The first-order valence-electron chi connectivity index (χ1n) is 4.97. The Labute approximate surface area is 103 Å². The molecule has 0 spiro atoms. The van der Waals surface area contributed by atoms with Crippen molar-refractivity contribution in [3.63, 3.8) is 0 Å². The van der Waals surface area contributed by atoms with E-state index in [2.05, 4.69) is 4.98 Å². The third-order valence-electron chi connectivity index (χ3n) is 2.42. The largest absolute Gasteiger partial charge is 0.318 e. The molecule has 0 unspecified atom stereocenters. The van der Waals surface area contributed by atoms with Crippen LogP contribution in [0.25, 0.3) is 11.4 Å². The van der Waals surface area contributed by atoms with E-state index < -0.39 is 0 Å². The molecule has 0 saturated carbocycles. The van der Waals surface area contributed by atoms with Gasteiger partial charge in [-0.05, 0) is 12.1 Å². The molecule has 2 rings (SSSR count). The molecule has 0 aliphatic heterocycles. The Bertz CT molecular complexity index is 598. The highest BCUT2D eigenvalue weighted by molar-refractivity contribution is 6.30. The van der Waals surface area contributed by atoms with Crippen molar-refractivity contribution in [3.8, 4) is 17.5 Å². The van der Waals surface area contributed by atoms with Gasteiger partial charge in [-0.25, -0.2) is 9.37 Å². The van der Waals surface area contributed by atoms with Crippen LogP contribution in [0, 0.1) is 17.1 Å². The number of rotatable bonds is 2. The number of hydrogen-bond donors (Lipinski definition) is 0. The van der Waals surface area contributed by atoms with Gasteiger partial charge in [0, 0.05) is 12.6 Å². The second kappa shape index (κ2) is 4.56. The molecule has 2 aromatic rings. The predicted octanol–water partition coefficient (Wildman–Crippen LogP) is 2.95. The van der Waals surface area contributed by atoms with E-state index in [-0.39, 0.29) is 12.2 Å². The monoisotopic (exact) mass is 249 g/mol. The van der Waals surface area contributed by atoms with E-state index >= 15 is 0 Å². The van der Waals surface area contributed by atoms with Gasteiger partial charge in [0.05, 0.1) is 18.2 Å². The van der Waals surface area contributed by atoms with Crippen molar-refractivity contribution < 1.29 is 4.39 Å². The van der Waals surface area contributed by atoms with E-state index in [1.54, 1.807) is 23.7 Å². The number of nitriles is 1. The summed E-state index contributed by atoms with van der Waals surface area (Å²) in [6, 6.07) is 8.10. The first-order chi connectivity index (χ1) is 8.13. The predicted molar refractivity (Wildman–Crippen MR) is 62.9 cm³/mol. The minimum atomic E-state index is -0.330. The Balaban J connectivity index is 2.53. The molecule has 0 saturated heterocycles. The van der Waals surface area contributed by atoms with Gasteiger partial charge in [-0.2, -0.15) is 5.26 Å². The average molecular weight is 250 g/mol. The second-order valence-electron chi connectivity index (χ2n) is 3.58. The van der Waals surface area contributed by atoms with E-state index in [1.165, 1.54) is 12.1 Å². The van der Waals surface area contributed by atoms with Crippen LogP contribution in [-0.2, 0) is 13.5 Å². The van der Waals surface area contributed by atoms with Crippen molar-refractivity contribution in [1.29, 1.82) is 5.26 Å². The first-order valence-corrected chi connectivity index (χ1v) is 5.35. The van der Waals surface area contributed by atoms with Crippen molar-refractivity contribution in [3.05, 3.63) is 40.9 Å². The molecule has 1 aromatic heterocycles. The number of nitrogens with zero attached hydrogens (tertiary/aromatic N) is 3. The quantitative estimate of drug-likeness (QED) is 0.821. The third kappa shape index (κ3) is 2.15. The van der Waals surface area contributed by atoms with Crippen LogP contribution in [0.4, 0.5) is 4.39 Å². The molecule has 0 amide bonds. The second-order valence-corrected chi connectivity index (χ2v) is 3.94. The lowest BCUT2D eigenvalue weighted by molar-refractivity contribution is 0.628. The highest BCUT2D eigenvalue weighted by atomic mass is 35.5. The van der Waals surface area contributed by atoms with Crippen LogP contribution in [0.1, 0.15) is 5.69 Å². The van der Waals surface area contributed by atoms with Gasteiger partial charge in [0.15, 0.2) is 0 Å². The maximum absolute atomic E-state index is 13.1. The van der Waals surface area contributed by atoms with Crippen LogP contribution < -0.4 is 0 Å². The van der Waals surface area contributed by atoms with E-state index in [9.17, 15) is 4.39 Å². The summed E-state index contributed by atoms with van der Waals surface area (Å²) < 4.78 is 14.8. The van der Waals surface area contributed by atoms with Crippen molar-refractivity contribution >= 4 is 11.6 Å². The van der Waals surface area contributed by atoms with E-state index in [0.29, 0.717) is 22.2 Å². The maximum Gasteiger partial charge on any atom is 0.141 e. The normalized spacial score (nSPS) is 10.2. The molecule has 0 N–H and O–H groups in total. The number of halogens is 2. The van der Waals surface area contributed by atoms with Crippen LogP contribution in [-0.4, -0.2) is 9.55 Å². The lowest BCUT2D eigenvalue weighted by Crippen LogP contribution is -1.92. The van der Waals surface area contributed by atoms with Gasteiger partial charge >= 0.3 is 0 Å². The topological polar surface area (TPSA) is 41.6 Å². The Kier molecular flexibility index (Phi) is 3.12. The van der Waals surface area contributed by atoms with E-state index in [4.69, 9.17) is 16.9 Å². The Morgan fingerprint density at radius 3 is 2.94 bits per heavy atom. The van der Waals surface area contributed by atoms with Gasteiger partial charge in [0.25, 0.3) is 0 Å². The van der Waals surface area contributed by atoms with Gasteiger partial charge in [0.2, 0.25) is 0 Å². The molecule has 0 fully saturated rings. The fourth-order valence-electron chi connectivity index (χ4n) is 1.61. The van der Waals surface area contributed by atoms with Gasteiger partial charge in [-0.3, -0.25) is 0 Å². The molecule has 3 nitrogen and oxygen atoms in total. The van der Waals surface area contributed by atoms with Gasteiger partial charge in [-0.15, -0.1) is 0 Å². The molecule has 0 bridgehead atoms. The molecule has 0 aliphatic rings. The Morgan fingerprint density at radius 1 is 1.53 bits per heavy atom. The van der Waals surface area contributed by atoms with Crippen molar-refractivity contribution in [1.82, 2.24) is 9.55 Å². The van der Waals surface area contributed by atoms with Crippen molar-refractivity contribution in [2.75, 3.05) is 0 Å². The highest BCUT2D eigenvalue weighted by Gasteiger charge is 2.14. The minimum absolute atomic E-state index is 0.141. The van der Waals surface area contributed by atoms with Crippen LogP contribution >= 0.6 is 11.6 Å². The number of benzene rings is 1. The summed E-state index contributed by atoms with van der Waals surface area (Å²) in [5.74, 6) is 0.225. The summed E-state index contributed by atoms with van der Waals surface area (Å²) in [4.78, 5) is 4.25. The fourth-order valence-corrected chi connectivity index (χ4v) is 1.80. The number of aromatic nitrogens is 2. The third-order valence-corrected chi connectivity index (χ3v) is 2.89.